The number of nitrogens with one attached hydrogen (secondary N) is 1. The van der Waals surface area contributed by atoms with Crippen LogP contribution in [0.5, 0.6) is 0 Å². The highest BCUT2D eigenvalue weighted by molar-refractivity contribution is 9.10. The summed E-state index contributed by atoms with van der Waals surface area (Å²) in [6.07, 6.45) is 2.88. The minimum Gasteiger partial charge on any atom is -0.394 e. The molecule has 0 saturated carbocycles. The summed E-state index contributed by atoms with van der Waals surface area (Å²) in [6.45, 7) is 0. The smallest absolute Gasteiger partial charge is 0.157 e. The SMILES string of the molecule is Nc1cncnc1Nc1ccc(F)c(Br)c1. The zero-order valence-corrected chi connectivity index (χ0v) is 9.70. The molecule has 6 heteroatoms. The molecule has 2 aromatic rings. The molecular formula is C10H8BrFN4. The first-order valence-corrected chi connectivity index (χ1v) is 5.23. The molecule has 0 aliphatic rings. The van der Waals surface area contributed by atoms with Crippen molar-refractivity contribution in [2.75, 3.05) is 11.1 Å². The third-order valence-corrected chi connectivity index (χ3v) is 2.53. The molecule has 1 aromatic heterocycles. The molecule has 2 rings (SSSR count). The van der Waals surface area contributed by atoms with Crippen LogP contribution in [0.4, 0.5) is 21.6 Å². The highest BCUT2D eigenvalue weighted by atomic mass is 79.9. The minimum atomic E-state index is -0.318. The van der Waals surface area contributed by atoms with Crippen LogP contribution in [0.2, 0.25) is 0 Å². The number of nitrogens with two attached hydrogens (primary N) is 1. The quantitative estimate of drug-likeness (QED) is 0.889. The van der Waals surface area contributed by atoms with Gasteiger partial charge in [0, 0.05) is 5.69 Å². The lowest BCUT2D eigenvalue weighted by Crippen LogP contribution is -1.99. The van der Waals surface area contributed by atoms with Crippen molar-refractivity contribution in [1.82, 2.24) is 9.97 Å². The highest BCUT2D eigenvalue weighted by Crippen LogP contribution is 2.24. The Morgan fingerprint density at radius 3 is 2.88 bits per heavy atom. The maximum Gasteiger partial charge on any atom is 0.157 e. The van der Waals surface area contributed by atoms with Gasteiger partial charge < -0.3 is 11.1 Å². The largest absolute Gasteiger partial charge is 0.394 e. The van der Waals surface area contributed by atoms with Gasteiger partial charge in [0.25, 0.3) is 0 Å². The molecule has 0 atom stereocenters. The van der Waals surface area contributed by atoms with E-state index in [0.717, 1.165) is 0 Å². The number of anilines is 3. The van der Waals surface area contributed by atoms with E-state index in [9.17, 15) is 4.39 Å². The number of benzene rings is 1. The minimum absolute atomic E-state index is 0.318. The van der Waals surface area contributed by atoms with Gasteiger partial charge in [-0.15, -0.1) is 0 Å². The standard InChI is InChI=1S/C10H8BrFN4/c11-7-3-6(1-2-8(7)12)16-10-9(13)4-14-5-15-10/h1-5H,13H2,(H,14,15,16). The molecule has 0 saturated heterocycles. The van der Waals surface area contributed by atoms with Gasteiger partial charge in [0.15, 0.2) is 5.82 Å². The molecule has 0 spiro atoms. The fourth-order valence-corrected chi connectivity index (χ4v) is 1.53. The molecule has 3 N–H and O–H groups in total. The Morgan fingerprint density at radius 1 is 1.38 bits per heavy atom. The number of nitrogens with zero attached hydrogens (tertiary/aromatic N) is 2. The third kappa shape index (κ3) is 2.27. The van der Waals surface area contributed by atoms with Crippen LogP contribution >= 0.6 is 15.9 Å². The monoisotopic (exact) mass is 282 g/mol. The van der Waals surface area contributed by atoms with Gasteiger partial charge in [-0.25, -0.2) is 14.4 Å². The molecule has 0 amide bonds. The van der Waals surface area contributed by atoms with Crippen molar-refractivity contribution >= 4 is 33.1 Å². The predicted octanol–water partition coefficient (Wildman–Crippen LogP) is 2.70. The molecule has 0 fully saturated rings. The van der Waals surface area contributed by atoms with E-state index in [-0.39, 0.29) is 5.82 Å². The van der Waals surface area contributed by atoms with Crippen molar-refractivity contribution in [2.45, 2.75) is 0 Å². The average molecular weight is 283 g/mol. The summed E-state index contributed by atoms with van der Waals surface area (Å²) in [4.78, 5) is 7.74. The molecule has 0 bridgehead atoms. The molecule has 0 unspecified atom stereocenters. The molecule has 1 aromatic carbocycles. The second-order valence-corrected chi connectivity index (χ2v) is 3.93. The Morgan fingerprint density at radius 2 is 2.19 bits per heavy atom. The maximum absolute atomic E-state index is 13.0. The Balaban J connectivity index is 2.28. The van der Waals surface area contributed by atoms with Crippen LogP contribution in [0.25, 0.3) is 0 Å². The fourth-order valence-electron chi connectivity index (χ4n) is 1.16. The van der Waals surface area contributed by atoms with E-state index in [1.807, 2.05) is 0 Å². The van der Waals surface area contributed by atoms with E-state index in [1.165, 1.54) is 18.6 Å². The summed E-state index contributed by atoms with van der Waals surface area (Å²) in [5.41, 5.74) is 6.79. The van der Waals surface area contributed by atoms with Crippen LogP contribution in [-0.4, -0.2) is 9.97 Å². The van der Waals surface area contributed by atoms with Gasteiger partial charge in [-0.2, -0.15) is 0 Å². The van der Waals surface area contributed by atoms with Crippen molar-refractivity contribution in [3.63, 3.8) is 0 Å². The van der Waals surface area contributed by atoms with Crippen LogP contribution in [0.1, 0.15) is 0 Å². The van der Waals surface area contributed by atoms with Gasteiger partial charge in [-0.05, 0) is 34.1 Å². The first kappa shape index (κ1) is 10.8. The van der Waals surface area contributed by atoms with Crippen LogP contribution in [0.3, 0.4) is 0 Å². The van der Waals surface area contributed by atoms with Gasteiger partial charge in [-0.3, -0.25) is 0 Å². The summed E-state index contributed by atoms with van der Waals surface area (Å²) in [5.74, 6) is 0.176. The van der Waals surface area contributed by atoms with E-state index in [2.05, 4.69) is 31.2 Å². The molecular weight excluding hydrogens is 275 g/mol. The van der Waals surface area contributed by atoms with E-state index in [4.69, 9.17) is 5.73 Å². The lowest BCUT2D eigenvalue weighted by molar-refractivity contribution is 0.621. The molecule has 4 nitrogen and oxygen atoms in total. The predicted molar refractivity (Wildman–Crippen MR) is 63.8 cm³/mol. The first-order chi connectivity index (χ1) is 7.66. The van der Waals surface area contributed by atoms with E-state index >= 15 is 0 Å². The number of nitrogen functional groups attached to an aromatic ring is 1. The summed E-state index contributed by atoms with van der Waals surface area (Å²) in [7, 11) is 0. The first-order valence-electron chi connectivity index (χ1n) is 4.44. The van der Waals surface area contributed by atoms with Gasteiger partial charge >= 0.3 is 0 Å². The second-order valence-electron chi connectivity index (χ2n) is 3.08. The van der Waals surface area contributed by atoms with Crippen molar-refractivity contribution in [3.8, 4) is 0 Å². The third-order valence-electron chi connectivity index (χ3n) is 1.92. The number of hydrogen-bond acceptors (Lipinski definition) is 4. The Labute approximate surface area is 99.9 Å². The molecule has 0 radical (unpaired) electrons. The van der Waals surface area contributed by atoms with Gasteiger partial charge in [0.1, 0.15) is 12.1 Å². The summed E-state index contributed by atoms with van der Waals surface area (Å²) in [6, 6.07) is 4.56. The maximum atomic E-state index is 13.0. The zero-order chi connectivity index (χ0) is 11.5. The molecule has 82 valence electrons. The Hall–Kier alpha value is -1.69. The van der Waals surface area contributed by atoms with E-state index in [1.54, 1.807) is 12.1 Å². The normalized spacial score (nSPS) is 10.1. The van der Waals surface area contributed by atoms with E-state index in [0.29, 0.717) is 21.7 Å². The number of rotatable bonds is 2. The lowest BCUT2D eigenvalue weighted by atomic mass is 10.3. The van der Waals surface area contributed by atoms with Crippen LogP contribution < -0.4 is 11.1 Å². The zero-order valence-electron chi connectivity index (χ0n) is 8.11. The van der Waals surface area contributed by atoms with Gasteiger partial charge in [-0.1, -0.05) is 0 Å². The molecule has 16 heavy (non-hydrogen) atoms. The van der Waals surface area contributed by atoms with Crippen LogP contribution in [0, 0.1) is 5.82 Å². The van der Waals surface area contributed by atoms with Gasteiger partial charge in [0.05, 0.1) is 16.4 Å². The van der Waals surface area contributed by atoms with Crippen LogP contribution in [0.15, 0.2) is 35.2 Å². The summed E-state index contributed by atoms with van der Waals surface area (Å²) in [5, 5.41) is 2.97. The molecule has 0 aliphatic carbocycles. The highest BCUT2D eigenvalue weighted by Gasteiger charge is 2.03. The van der Waals surface area contributed by atoms with Gasteiger partial charge in [0.2, 0.25) is 0 Å². The van der Waals surface area contributed by atoms with E-state index < -0.39 is 0 Å². The van der Waals surface area contributed by atoms with Crippen molar-refractivity contribution in [2.24, 2.45) is 0 Å². The number of hydrogen-bond donors (Lipinski definition) is 2. The van der Waals surface area contributed by atoms with Crippen LogP contribution in [-0.2, 0) is 0 Å². The fraction of sp³-hybridized carbons (Fsp3) is 0. The summed E-state index contributed by atoms with van der Waals surface area (Å²) >= 11 is 3.10. The Bertz CT molecular complexity index is 518. The molecule has 0 aliphatic heterocycles. The summed E-state index contributed by atoms with van der Waals surface area (Å²) < 4.78 is 13.4. The Kier molecular flexibility index (Phi) is 3.00. The van der Waals surface area contributed by atoms with Crippen molar-refractivity contribution < 1.29 is 4.39 Å². The number of halogens is 2. The van der Waals surface area contributed by atoms with Crippen molar-refractivity contribution in [1.29, 1.82) is 0 Å². The molecule has 1 heterocycles. The topological polar surface area (TPSA) is 63.8 Å². The average Bonchev–Trinajstić information content (AvgIpc) is 2.27. The number of aromatic nitrogens is 2. The lowest BCUT2D eigenvalue weighted by Gasteiger charge is -2.07. The van der Waals surface area contributed by atoms with Crippen molar-refractivity contribution in [3.05, 3.63) is 41.0 Å². The second kappa shape index (κ2) is 4.44.